The van der Waals surface area contributed by atoms with E-state index >= 15 is 0 Å². The monoisotopic (exact) mass is 761 g/mol. The van der Waals surface area contributed by atoms with Crippen molar-refractivity contribution in [3.05, 3.63) is 0 Å². The second-order valence-electron chi connectivity index (χ2n) is 15.2. The summed E-state index contributed by atoms with van der Waals surface area (Å²) in [6, 6.07) is 1.51. The van der Waals surface area contributed by atoms with Crippen LogP contribution in [0.3, 0.4) is 0 Å². The predicted molar refractivity (Wildman–Crippen MR) is 226 cm³/mol. The molecule has 0 aliphatic carbocycles. The Morgan fingerprint density at radius 2 is 0.510 bits per heavy atom. The second-order valence-corrected chi connectivity index (χ2v) is 21.4. The molecule has 0 atom stereocenters. The molecule has 308 valence electrons. The first-order valence-electron chi connectivity index (χ1n) is 22.4. The average Bonchev–Trinajstić information content (AvgIpc) is 3.16. The standard InChI is InChI=1S/C42H92N2O5Si2/c1-7-9-11-13-15-17-19-21-23-25-27-29-31-33-37-43-39-35-41-50(45-3,46-4)49-51(47-5,48-6)42-36-40-44-38-34-32-30-28-26-24-22-20-18-16-14-12-10-8-2/h43-44H,7-42H2,1-6H3. The summed E-state index contributed by atoms with van der Waals surface area (Å²) in [4.78, 5) is 0. The van der Waals surface area contributed by atoms with Crippen LogP contribution in [-0.4, -0.2) is 72.2 Å². The van der Waals surface area contributed by atoms with Gasteiger partial charge in [0.05, 0.1) is 0 Å². The van der Waals surface area contributed by atoms with E-state index < -0.39 is 17.6 Å². The molecule has 0 radical (unpaired) electrons. The Balaban J connectivity index is 3.92. The zero-order chi connectivity index (χ0) is 37.4. The van der Waals surface area contributed by atoms with Gasteiger partial charge in [-0.1, -0.05) is 181 Å². The number of hydrogen-bond acceptors (Lipinski definition) is 7. The van der Waals surface area contributed by atoms with E-state index in [0.29, 0.717) is 0 Å². The van der Waals surface area contributed by atoms with Crippen molar-refractivity contribution >= 4 is 17.6 Å². The summed E-state index contributed by atoms with van der Waals surface area (Å²) in [6.45, 7) is 8.63. The first-order chi connectivity index (χ1) is 25.1. The molecule has 0 aliphatic heterocycles. The Kier molecular flexibility index (Phi) is 40.0. The summed E-state index contributed by atoms with van der Waals surface area (Å²) >= 11 is 0. The first-order valence-corrected chi connectivity index (χ1v) is 26.3. The lowest BCUT2D eigenvalue weighted by atomic mass is 10.0. The van der Waals surface area contributed by atoms with Crippen LogP contribution >= 0.6 is 0 Å². The second kappa shape index (κ2) is 39.8. The van der Waals surface area contributed by atoms with Gasteiger partial charge in [0.2, 0.25) is 0 Å². The van der Waals surface area contributed by atoms with E-state index in [-0.39, 0.29) is 0 Å². The zero-order valence-corrected chi connectivity index (χ0v) is 37.5. The molecule has 0 bridgehead atoms. The SMILES string of the molecule is CCCCCCCCCCCCCCCCNCCC[Si](OC)(OC)O[Si](CCCNCCCCCCCCCCCCCCCC)(OC)OC. The lowest BCUT2D eigenvalue weighted by Crippen LogP contribution is -2.57. The summed E-state index contributed by atoms with van der Waals surface area (Å²) in [7, 11) is 1.05. The van der Waals surface area contributed by atoms with Crippen LogP contribution in [0.1, 0.15) is 206 Å². The third-order valence-electron chi connectivity index (χ3n) is 10.6. The van der Waals surface area contributed by atoms with E-state index in [1.807, 2.05) is 0 Å². The van der Waals surface area contributed by atoms with Gasteiger partial charge in [0.1, 0.15) is 0 Å². The van der Waals surface area contributed by atoms with Crippen molar-refractivity contribution in [2.45, 2.75) is 219 Å². The van der Waals surface area contributed by atoms with Gasteiger partial charge in [-0.05, 0) is 51.9 Å². The molecule has 0 heterocycles. The highest BCUT2D eigenvalue weighted by molar-refractivity contribution is 6.75. The highest BCUT2D eigenvalue weighted by Gasteiger charge is 2.51. The molecule has 0 rings (SSSR count). The van der Waals surface area contributed by atoms with Crippen LogP contribution in [0.15, 0.2) is 0 Å². The van der Waals surface area contributed by atoms with Gasteiger partial charge in [0.15, 0.2) is 0 Å². The fraction of sp³-hybridized carbons (Fsp3) is 1.00. The van der Waals surface area contributed by atoms with Gasteiger partial charge < -0.3 is 32.5 Å². The number of hydrogen-bond donors (Lipinski definition) is 2. The van der Waals surface area contributed by atoms with E-state index in [1.54, 1.807) is 28.4 Å². The molecular weight excluding hydrogens is 669 g/mol. The molecule has 0 aliphatic rings. The summed E-state index contributed by atoms with van der Waals surface area (Å²) in [5, 5.41) is 7.25. The van der Waals surface area contributed by atoms with Crippen LogP contribution in [0.25, 0.3) is 0 Å². The minimum atomic E-state index is -2.89. The molecule has 51 heavy (non-hydrogen) atoms. The molecule has 0 unspecified atom stereocenters. The molecule has 7 nitrogen and oxygen atoms in total. The van der Waals surface area contributed by atoms with Gasteiger partial charge in [-0.3, -0.25) is 0 Å². The highest BCUT2D eigenvalue weighted by Crippen LogP contribution is 2.26. The summed E-state index contributed by atoms with van der Waals surface area (Å²) in [5.74, 6) is 0. The van der Waals surface area contributed by atoms with Crippen molar-refractivity contribution in [1.82, 2.24) is 10.6 Å². The lowest BCUT2D eigenvalue weighted by Gasteiger charge is -2.35. The Bertz CT molecular complexity index is 617. The first kappa shape index (κ1) is 51.2. The largest absolute Gasteiger partial charge is 0.493 e. The molecule has 0 saturated carbocycles. The Hall–Kier alpha value is 0.154. The number of unbranched alkanes of at least 4 members (excludes halogenated alkanes) is 26. The maximum Gasteiger partial charge on any atom is 0.493 e. The van der Waals surface area contributed by atoms with Gasteiger partial charge in [-0.25, -0.2) is 0 Å². The maximum atomic E-state index is 6.62. The molecule has 0 amide bonds. The van der Waals surface area contributed by atoms with Gasteiger partial charge in [0, 0.05) is 40.5 Å². The van der Waals surface area contributed by atoms with Crippen molar-refractivity contribution in [3.8, 4) is 0 Å². The molecule has 0 aromatic rings. The Morgan fingerprint density at radius 3 is 0.745 bits per heavy atom. The minimum Gasteiger partial charge on any atom is -0.377 e. The normalized spacial score (nSPS) is 12.4. The molecule has 0 saturated heterocycles. The van der Waals surface area contributed by atoms with Crippen LogP contribution in [0.5, 0.6) is 0 Å². The Morgan fingerprint density at radius 1 is 0.294 bits per heavy atom. The van der Waals surface area contributed by atoms with E-state index in [9.17, 15) is 0 Å². The van der Waals surface area contributed by atoms with Gasteiger partial charge in [0.25, 0.3) is 0 Å². The van der Waals surface area contributed by atoms with Crippen molar-refractivity contribution in [2.24, 2.45) is 0 Å². The number of nitrogens with one attached hydrogen (secondary N) is 2. The van der Waals surface area contributed by atoms with E-state index in [1.165, 1.54) is 180 Å². The van der Waals surface area contributed by atoms with E-state index in [0.717, 1.165) is 51.1 Å². The molecule has 0 fully saturated rings. The summed E-state index contributed by atoms with van der Waals surface area (Å²) in [6.07, 6.45) is 41.0. The molecule has 0 aromatic carbocycles. The smallest absolute Gasteiger partial charge is 0.377 e. The molecular formula is C42H92N2O5Si2. The van der Waals surface area contributed by atoms with E-state index in [4.69, 9.17) is 21.8 Å². The van der Waals surface area contributed by atoms with Crippen molar-refractivity contribution in [1.29, 1.82) is 0 Å². The predicted octanol–water partition coefficient (Wildman–Crippen LogP) is 12.4. The van der Waals surface area contributed by atoms with E-state index in [2.05, 4.69) is 24.5 Å². The van der Waals surface area contributed by atoms with Crippen LogP contribution in [0.4, 0.5) is 0 Å². The van der Waals surface area contributed by atoms with Gasteiger partial charge in [-0.15, -0.1) is 0 Å². The minimum absolute atomic E-state index is 0.755. The quantitative estimate of drug-likeness (QED) is 0.0473. The van der Waals surface area contributed by atoms with Crippen molar-refractivity contribution in [2.75, 3.05) is 54.6 Å². The lowest BCUT2D eigenvalue weighted by molar-refractivity contribution is 0.0859. The fourth-order valence-corrected chi connectivity index (χ4v) is 13.5. The topological polar surface area (TPSA) is 70.2 Å². The summed E-state index contributed by atoms with van der Waals surface area (Å²) in [5.41, 5.74) is 0. The molecule has 9 heteroatoms. The van der Waals surface area contributed by atoms with Crippen LogP contribution in [0, 0.1) is 0 Å². The third-order valence-corrected chi connectivity index (χ3v) is 17.6. The van der Waals surface area contributed by atoms with Crippen LogP contribution in [-0.2, 0) is 21.8 Å². The highest BCUT2D eigenvalue weighted by atomic mass is 28.5. The van der Waals surface area contributed by atoms with Crippen molar-refractivity contribution < 1.29 is 21.8 Å². The third kappa shape index (κ3) is 32.1. The van der Waals surface area contributed by atoms with Crippen LogP contribution in [0.2, 0.25) is 12.1 Å². The summed E-state index contributed by atoms with van der Waals surface area (Å²) < 4.78 is 30.4. The van der Waals surface area contributed by atoms with Crippen molar-refractivity contribution in [3.63, 3.8) is 0 Å². The zero-order valence-electron chi connectivity index (χ0n) is 35.5. The average molecular weight is 761 g/mol. The van der Waals surface area contributed by atoms with Gasteiger partial charge >= 0.3 is 17.6 Å². The molecule has 0 spiro atoms. The molecule has 0 aromatic heterocycles. The maximum absolute atomic E-state index is 6.62. The van der Waals surface area contributed by atoms with Crippen LogP contribution < -0.4 is 10.6 Å². The fourth-order valence-electron chi connectivity index (χ4n) is 7.08. The van der Waals surface area contributed by atoms with Gasteiger partial charge in [-0.2, -0.15) is 0 Å². The number of rotatable bonds is 44. The Labute approximate surface area is 322 Å². The molecule has 2 N–H and O–H groups in total.